The first-order chi connectivity index (χ1) is 4.88. The number of halogens is 1. The number of benzene rings is 1. The lowest BCUT2D eigenvalue weighted by Crippen LogP contribution is -1.78. The third kappa shape index (κ3) is 1.32. The van der Waals surface area contributed by atoms with E-state index in [-0.39, 0.29) is 12.4 Å². The molecule has 0 saturated carbocycles. The minimum Gasteiger partial charge on any atom is -0.398 e. The number of fused-ring (bicyclic) bond motifs is 1. The molecule has 2 rings (SSSR count). The molecule has 0 spiro atoms. The molecule has 1 heterocycles. The minimum atomic E-state index is 0. The molecule has 0 atom stereocenters. The van der Waals surface area contributed by atoms with Gasteiger partial charge in [0, 0.05) is 15.5 Å². The standard InChI is InChI=1S/C8H7NS.ClH/c9-7-5-10-8-4-2-1-3-6(7)8;/h1-5H,9H2;1H. The van der Waals surface area contributed by atoms with E-state index in [1.54, 1.807) is 11.3 Å². The summed E-state index contributed by atoms with van der Waals surface area (Å²) in [7, 11) is 0. The van der Waals surface area contributed by atoms with Crippen molar-refractivity contribution in [2.75, 3.05) is 5.73 Å². The Balaban J connectivity index is 0.000000605. The molecule has 58 valence electrons. The van der Waals surface area contributed by atoms with E-state index < -0.39 is 0 Å². The van der Waals surface area contributed by atoms with Crippen LogP contribution in [0.2, 0.25) is 0 Å². The molecule has 0 aliphatic carbocycles. The molecule has 11 heavy (non-hydrogen) atoms. The number of anilines is 1. The summed E-state index contributed by atoms with van der Waals surface area (Å²) >= 11 is 1.69. The van der Waals surface area contributed by atoms with E-state index in [2.05, 4.69) is 6.07 Å². The number of nitrogen functional groups attached to an aromatic ring is 1. The quantitative estimate of drug-likeness (QED) is 0.671. The maximum atomic E-state index is 5.69. The Hall–Kier alpha value is -0.730. The average Bonchev–Trinajstić information content (AvgIpc) is 2.34. The number of rotatable bonds is 0. The minimum absolute atomic E-state index is 0. The Morgan fingerprint density at radius 2 is 1.91 bits per heavy atom. The van der Waals surface area contributed by atoms with Gasteiger partial charge in [0.1, 0.15) is 0 Å². The molecule has 1 nitrogen and oxygen atoms in total. The van der Waals surface area contributed by atoms with Gasteiger partial charge in [-0.3, -0.25) is 0 Å². The summed E-state index contributed by atoms with van der Waals surface area (Å²) < 4.78 is 1.26. The molecule has 0 fully saturated rings. The van der Waals surface area contributed by atoms with E-state index in [9.17, 15) is 0 Å². The van der Waals surface area contributed by atoms with E-state index in [0.29, 0.717) is 0 Å². The summed E-state index contributed by atoms with van der Waals surface area (Å²) in [5.74, 6) is 0. The molecule has 0 unspecified atom stereocenters. The summed E-state index contributed by atoms with van der Waals surface area (Å²) in [6, 6.07) is 8.15. The molecule has 0 saturated heterocycles. The molecule has 0 aliphatic rings. The van der Waals surface area contributed by atoms with Crippen LogP contribution >= 0.6 is 23.7 Å². The second-order valence-electron chi connectivity index (χ2n) is 2.19. The normalized spacial score (nSPS) is 9.45. The Kier molecular flexibility index (Phi) is 2.37. The van der Waals surface area contributed by atoms with E-state index in [4.69, 9.17) is 5.73 Å². The fraction of sp³-hybridized carbons (Fsp3) is 0. The molecule has 0 radical (unpaired) electrons. The summed E-state index contributed by atoms with van der Waals surface area (Å²) in [5.41, 5.74) is 6.58. The van der Waals surface area contributed by atoms with E-state index >= 15 is 0 Å². The summed E-state index contributed by atoms with van der Waals surface area (Å²) in [5, 5.41) is 3.15. The molecular weight excluding hydrogens is 178 g/mol. The molecule has 1 aromatic heterocycles. The van der Waals surface area contributed by atoms with Gasteiger partial charge in [-0.1, -0.05) is 18.2 Å². The van der Waals surface area contributed by atoms with E-state index in [1.807, 2.05) is 23.6 Å². The first-order valence-electron chi connectivity index (χ1n) is 3.09. The van der Waals surface area contributed by atoms with Crippen molar-refractivity contribution < 1.29 is 0 Å². The van der Waals surface area contributed by atoms with E-state index in [0.717, 1.165) is 5.69 Å². The van der Waals surface area contributed by atoms with Gasteiger partial charge in [0.25, 0.3) is 0 Å². The van der Waals surface area contributed by atoms with Crippen molar-refractivity contribution in [1.29, 1.82) is 0 Å². The molecule has 2 aromatic rings. The van der Waals surface area contributed by atoms with Crippen LogP contribution < -0.4 is 5.73 Å². The van der Waals surface area contributed by atoms with Gasteiger partial charge >= 0.3 is 0 Å². The third-order valence-corrected chi connectivity index (χ3v) is 2.49. The second kappa shape index (κ2) is 3.11. The van der Waals surface area contributed by atoms with Crippen molar-refractivity contribution in [2.24, 2.45) is 0 Å². The van der Waals surface area contributed by atoms with Gasteiger partial charge in [-0.05, 0) is 6.07 Å². The first kappa shape index (κ1) is 8.37. The van der Waals surface area contributed by atoms with Crippen LogP contribution in [0.3, 0.4) is 0 Å². The van der Waals surface area contributed by atoms with Crippen molar-refractivity contribution in [3.05, 3.63) is 29.6 Å². The zero-order valence-electron chi connectivity index (χ0n) is 5.78. The Morgan fingerprint density at radius 1 is 1.18 bits per heavy atom. The summed E-state index contributed by atoms with van der Waals surface area (Å²) in [4.78, 5) is 0. The highest BCUT2D eigenvalue weighted by atomic mass is 35.5. The molecule has 0 amide bonds. The van der Waals surface area contributed by atoms with Crippen molar-refractivity contribution in [2.45, 2.75) is 0 Å². The lowest BCUT2D eigenvalue weighted by molar-refractivity contribution is 1.84. The van der Waals surface area contributed by atoms with Gasteiger partial charge in [-0.15, -0.1) is 23.7 Å². The van der Waals surface area contributed by atoms with Crippen LogP contribution in [0.15, 0.2) is 29.6 Å². The SMILES string of the molecule is Cl.Nc1csc2ccccc12. The molecular formula is C8H8ClNS. The Labute approximate surface area is 75.2 Å². The van der Waals surface area contributed by atoms with Gasteiger partial charge in [0.2, 0.25) is 0 Å². The molecule has 2 N–H and O–H groups in total. The number of nitrogens with two attached hydrogens (primary N) is 1. The van der Waals surface area contributed by atoms with Gasteiger partial charge in [0.05, 0.1) is 5.69 Å². The fourth-order valence-corrected chi connectivity index (χ4v) is 1.85. The van der Waals surface area contributed by atoms with Crippen LogP contribution in [0, 0.1) is 0 Å². The van der Waals surface area contributed by atoms with Crippen LogP contribution in [0.25, 0.3) is 10.1 Å². The molecule has 0 bridgehead atoms. The van der Waals surface area contributed by atoms with Crippen LogP contribution in [0.1, 0.15) is 0 Å². The van der Waals surface area contributed by atoms with Crippen molar-refractivity contribution in [3.8, 4) is 0 Å². The largest absolute Gasteiger partial charge is 0.398 e. The predicted molar refractivity (Wildman–Crippen MR) is 53.5 cm³/mol. The van der Waals surface area contributed by atoms with Crippen LogP contribution in [-0.2, 0) is 0 Å². The average molecular weight is 186 g/mol. The number of hydrogen-bond acceptors (Lipinski definition) is 2. The Bertz CT molecular complexity index is 356. The molecule has 0 aliphatic heterocycles. The number of hydrogen-bond donors (Lipinski definition) is 1. The van der Waals surface area contributed by atoms with Crippen LogP contribution in [0.4, 0.5) is 5.69 Å². The van der Waals surface area contributed by atoms with Crippen molar-refractivity contribution >= 4 is 39.5 Å². The second-order valence-corrected chi connectivity index (χ2v) is 3.10. The maximum absolute atomic E-state index is 5.69. The highest BCUT2D eigenvalue weighted by Gasteiger charge is 1.96. The molecule has 3 heteroatoms. The monoisotopic (exact) mass is 185 g/mol. The van der Waals surface area contributed by atoms with Gasteiger partial charge in [-0.2, -0.15) is 0 Å². The lowest BCUT2D eigenvalue weighted by atomic mass is 10.2. The maximum Gasteiger partial charge on any atom is 0.0502 e. The highest BCUT2D eigenvalue weighted by molar-refractivity contribution is 7.17. The summed E-state index contributed by atoms with van der Waals surface area (Å²) in [6.07, 6.45) is 0. The molecule has 1 aromatic carbocycles. The predicted octanol–water partition coefficient (Wildman–Crippen LogP) is 2.91. The smallest absolute Gasteiger partial charge is 0.0502 e. The topological polar surface area (TPSA) is 26.0 Å². The van der Waals surface area contributed by atoms with Crippen LogP contribution in [0.5, 0.6) is 0 Å². The van der Waals surface area contributed by atoms with E-state index in [1.165, 1.54) is 10.1 Å². The van der Waals surface area contributed by atoms with Crippen LogP contribution in [-0.4, -0.2) is 0 Å². The lowest BCUT2D eigenvalue weighted by Gasteiger charge is -1.87. The summed E-state index contributed by atoms with van der Waals surface area (Å²) in [6.45, 7) is 0. The van der Waals surface area contributed by atoms with Crippen molar-refractivity contribution in [1.82, 2.24) is 0 Å². The Morgan fingerprint density at radius 3 is 2.64 bits per heavy atom. The zero-order valence-corrected chi connectivity index (χ0v) is 7.41. The van der Waals surface area contributed by atoms with Gasteiger partial charge in [0.15, 0.2) is 0 Å². The van der Waals surface area contributed by atoms with Gasteiger partial charge in [-0.25, -0.2) is 0 Å². The van der Waals surface area contributed by atoms with Gasteiger partial charge < -0.3 is 5.73 Å². The van der Waals surface area contributed by atoms with Crippen molar-refractivity contribution in [3.63, 3.8) is 0 Å². The highest BCUT2D eigenvalue weighted by Crippen LogP contribution is 2.26. The zero-order chi connectivity index (χ0) is 6.97. The third-order valence-electron chi connectivity index (χ3n) is 1.51. The number of thiophene rings is 1. The first-order valence-corrected chi connectivity index (χ1v) is 3.97. The fourth-order valence-electron chi connectivity index (χ4n) is 0.998.